The highest BCUT2D eigenvalue weighted by molar-refractivity contribution is 5.32. The van der Waals surface area contributed by atoms with Gasteiger partial charge in [-0.2, -0.15) is 18.3 Å². The second-order valence-electron chi connectivity index (χ2n) is 4.99. The number of aryl methyl sites for hydroxylation is 2. The van der Waals surface area contributed by atoms with Crippen LogP contribution >= 0.6 is 0 Å². The van der Waals surface area contributed by atoms with E-state index in [2.05, 4.69) is 10.4 Å². The van der Waals surface area contributed by atoms with Crippen molar-refractivity contribution in [2.75, 3.05) is 7.05 Å². The Bertz CT molecular complexity index is 590. The van der Waals surface area contributed by atoms with Crippen molar-refractivity contribution in [2.45, 2.75) is 25.1 Å². The molecule has 2 aromatic rings. The highest BCUT2D eigenvalue weighted by atomic mass is 19.4. The van der Waals surface area contributed by atoms with Gasteiger partial charge in [-0.3, -0.25) is 4.68 Å². The molecule has 3 nitrogen and oxygen atoms in total. The molecule has 1 N–H and O–H groups in total. The molecule has 0 saturated heterocycles. The van der Waals surface area contributed by atoms with Crippen molar-refractivity contribution in [3.8, 4) is 0 Å². The van der Waals surface area contributed by atoms with E-state index in [0.29, 0.717) is 12.8 Å². The Hall–Kier alpha value is -1.82. The molecule has 0 bridgehead atoms. The highest BCUT2D eigenvalue weighted by Crippen LogP contribution is 2.35. The van der Waals surface area contributed by atoms with Gasteiger partial charge in [-0.15, -0.1) is 0 Å². The van der Waals surface area contributed by atoms with Crippen molar-refractivity contribution in [2.24, 2.45) is 7.05 Å². The van der Waals surface area contributed by atoms with Crippen LogP contribution in [0.3, 0.4) is 0 Å². The first kappa shape index (κ1) is 15.6. The van der Waals surface area contributed by atoms with Gasteiger partial charge in [0.2, 0.25) is 0 Å². The van der Waals surface area contributed by atoms with Gasteiger partial charge in [0, 0.05) is 19.3 Å². The van der Waals surface area contributed by atoms with Gasteiger partial charge < -0.3 is 5.32 Å². The number of nitrogens with one attached hydrogen (secondary N) is 1. The summed E-state index contributed by atoms with van der Waals surface area (Å²) in [5.41, 5.74) is 0.731. The Balaban J connectivity index is 2.18. The molecule has 0 spiro atoms. The lowest BCUT2D eigenvalue weighted by Crippen LogP contribution is -2.21. The molecule has 2 rings (SSSR count). The molecule has 1 unspecified atom stereocenters. The van der Waals surface area contributed by atoms with Crippen LogP contribution < -0.4 is 5.32 Å². The molecule has 0 radical (unpaired) electrons. The SMILES string of the molecule is CNC(CCc1cnn(C)c1)c1ccccc1C(F)(F)F. The minimum absolute atomic E-state index is 0.288. The molecule has 1 aromatic heterocycles. The fourth-order valence-corrected chi connectivity index (χ4v) is 2.43. The Morgan fingerprint density at radius 3 is 2.57 bits per heavy atom. The summed E-state index contributed by atoms with van der Waals surface area (Å²) in [4.78, 5) is 0. The van der Waals surface area contributed by atoms with Crippen LogP contribution in [0.25, 0.3) is 0 Å². The van der Waals surface area contributed by atoms with Crippen LogP contribution in [-0.2, 0) is 19.6 Å². The van der Waals surface area contributed by atoms with E-state index in [9.17, 15) is 13.2 Å². The van der Waals surface area contributed by atoms with Crippen LogP contribution in [-0.4, -0.2) is 16.8 Å². The average molecular weight is 297 g/mol. The van der Waals surface area contributed by atoms with Crippen LogP contribution in [0.1, 0.15) is 29.2 Å². The monoisotopic (exact) mass is 297 g/mol. The number of nitrogens with zero attached hydrogens (tertiary/aromatic N) is 2. The van der Waals surface area contributed by atoms with E-state index in [4.69, 9.17) is 0 Å². The number of rotatable bonds is 5. The number of hydrogen-bond acceptors (Lipinski definition) is 2. The smallest absolute Gasteiger partial charge is 0.313 e. The van der Waals surface area contributed by atoms with E-state index in [0.717, 1.165) is 11.6 Å². The highest BCUT2D eigenvalue weighted by Gasteiger charge is 2.34. The summed E-state index contributed by atoms with van der Waals surface area (Å²) in [6.45, 7) is 0. The fraction of sp³-hybridized carbons (Fsp3) is 0.400. The molecule has 0 fully saturated rings. The van der Waals surface area contributed by atoms with Gasteiger partial charge in [0.1, 0.15) is 0 Å². The summed E-state index contributed by atoms with van der Waals surface area (Å²) < 4.78 is 40.9. The van der Waals surface area contributed by atoms with Crippen LogP contribution in [0.4, 0.5) is 13.2 Å². The number of alkyl halides is 3. The molecule has 0 aliphatic rings. The summed E-state index contributed by atoms with van der Waals surface area (Å²) >= 11 is 0. The van der Waals surface area contributed by atoms with Crippen molar-refractivity contribution in [1.29, 1.82) is 0 Å². The van der Waals surface area contributed by atoms with Gasteiger partial charge in [0.15, 0.2) is 0 Å². The Morgan fingerprint density at radius 2 is 2.00 bits per heavy atom. The van der Waals surface area contributed by atoms with Crippen molar-refractivity contribution in [1.82, 2.24) is 15.1 Å². The van der Waals surface area contributed by atoms with Crippen molar-refractivity contribution >= 4 is 0 Å². The van der Waals surface area contributed by atoms with Gasteiger partial charge in [-0.05, 0) is 37.1 Å². The minimum atomic E-state index is -4.33. The molecule has 0 aliphatic heterocycles. The van der Waals surface area contributed by atoms with Crippen LogP contribution in [0.2, 0.25) is 0 Å². The van der Waals surface area contributed by atoms with E-state index in [-0.39, 0.29) is 11.6 Å². The fourth-order valence-electron chi connectivity index (χ4n) is 2.43. The normalized spacial score (nSPS) is 13.4. The predicted octanol–water partition coefficient (Wildman–Crippen LogP) is 3.33. The zero-order valence-electron chi connectivity index (χ0n) is 12.0. The van der Waals surface area contributed by atoms with Gasteiger partial charge >= 0.3 is 6.18 Å². The first-order valence-corrected chi connectivity index (χ1v) is 6.72. The lowest BCUT2D eigenvalue weighted by atomic mass is 9.95. The van der Waals surface area contributed by atoms with Crippen LogP contribution in [0.5, 0.6) is 0 Å². The maximum Gasteiger partial charge on any atom is 0.416 e. The van der Waals surface area contributed by atoms with E-state index >= 15 is 0 Å². The maximum absolute atomic E-state index is 13.1. The molecule has 0 aliphatic carbocycles. The second kappa shape index (κ2) is 6.30. The third-order valence-corrected chi connectivity index (χ3v) is 3.47. The molecular weight excluding hydrogens is 279 g/mol. The van der Waals surface area contributed by atoms with E-state index in [1.807, 2.05) is 13.2 Å². The predicted molar refractivity (Wildman–Crippen MR) is 74.8 cm³/mol. The summed E-state index contributed by atoms with van der Waals surface area (Å²) in [7, 11) is 3.50. The standard InChI is InChI=1S/C15H18F3N3/c1-19-14(8-7-11-9-20-21(2)10-11)12-5-3-4-6-13(12)15(16,17)18/h3-6,9-10,14,19H,7-8H2,1-2H3. The lowest BCUT2D eigenvalue weighted by Gasteiger charge is -2.21. The maximum atomic E-state index is 13.1. The molecule has 0 saturated carbocycles. The van der Waals surface area contributed by atoms with Crippen molar-refractivity contribution in [3.05, 3.63) is 53.3 Å². The number of halogens is 3. The zero-order chi connectivity index (χ0) is 15.5. The van der Waals surface area contributed by atoms with Gasteiger partial charge in [0.25, 0.3) is 0 Å². The lowest BCUT2D eigenvalue weighted by molar-refractivity contribution is -0.138. The molecular formula is C15H18F3N3. The Kier molecular flexibility index (Phi) is 4.67. The quantitative estimate of drug-likeness (QED) is 0.917. The molecule has 1 heterocycles. The molecule has 6 heteroatoms. The topological polar surface area (TPSA) is 29.9 Å². The van der Waals surface area contributed by atoms with E-state index < -0.39 is 11.7 Å². The number of benzene rings is 1. The van der Waals surface area contributed by atoms with Gasteiger partial charge in [-0.1, -0.05) is 18.2 Å². The third kappa shape index (κ3) is 3.85. The van der Waals surface area contributed by atoms with E-state index in [1.54, 1.807) is 24.0 Å². The second-order valence-corrected chi connectivity index (χ2v) is 4.99. The van der Waals surface area contributed by atoms with Crippen molar-refractivity contribution < 1.29 is 13.2 Å². The molecule has 114 valence electrons. The molecule has 0 amide bonds. The minimum Gasteiger partial charge on any atom is -0.313 e. The Labute approximate surface area is 121 Å². The van der Waals surface area contributed by atoms with Crippen molar-refractivity contribution in [3.63, 3.8) is 0 Å². The first-order chi connectivity index (χ1) is 9.91. The van der Waals surface area contributed by atoms with Crippen LogP contribution in [0.15, 0.2) is 36.7 Å². The summed E-state index contributed by atoms with van der Waals surface area (Å²) in [5.74, 6) is 0. The van der Waals surface area contributed by atoms with E-state index in [1.165, 1.54) is 12.1 Å². The van der Waals surface area contributed by atoms with Gasteiger partial charge in [-0.25, -0.2) is 0 Å². The summed E-state index contributed by atoms with van der Waals surface area (Å²) in [6.07, 6.45) is 0.533. The zero-order valence-corrected chi connectivity index (χ0v) is 12.0. The number of hydrogen-bond donors (Lipinski definition) is 1. The van der Waals surface area contributed by atoms with Crippen LogP contribution in [0, 0.1) is 0 Å². The summed E-state index contributed by atoms with van der Waals surface area (Å²) in [6, 6.07) is 5.37. The first-order valence-electron chi connectivity index (χ1n) is 6.72. The number of aromatic nitrogens is 2. The third-order valence-electron chi connectivity index (χ3n) is 3.47. The average Bonchev–Trinajstić information content (AvgIpc) is 2.85. The summed E-state index contributed by atoms with van der Waals surface area (Å²) in [5, 5.41) is 7.05. The van der Waals surface area contributed by atoms with Gasteiger partial charge in [0.05, 0.1) is 11.8 Å². The largest absolute Gasteiger partial charge is 0.416 e. The molecule has 1 aromatic carbocycles. The molecule has 21 heavy (non-hydrogen) atoms. The molecule has 1 atom stereocenters. The Morgan fingerprint density at radius 1 is 1.29 bits per heavy atom.